The summed E-state index contributed by atoms with van der Waals surface area (Å²) >= 11 is 6.22. The highest BCUT2D eigenvalue weighted by molar-refractivity contribution is 6.30. The Kier molecular flexibility index (Phi) is 5.78. The van der Waals surface area contributed by atoms with Crippen molar-refractivity contribution in [1.82, 2.24) is 4.90 Å². The molecule has 160 valence electrons. The number of carbonyl (C=O) groups is 1. The minimum Gasteiger partial charge on any atom is -0.489 e. The van der Waals surface area contributed by atoms with E-state index >= 15 is 0 Å². The molecule has 6 heteroatoms. The van der Waals surface area contributed by atoms with E-state index in [1.54, 1.807) is 6.07 Å². The van der Waals surface area contributed by atoms with Crippen LogP contribution in [0.5, 0.6) is 5.75 Å². The maximum atomic E-state index is 14.4. The predicted molar refractivity (Wildman–Crippen MR) is 117 cm³/mol. The number of hydrogen-bond acceptors (Lipinski definition) is 3. The molecule has 1 atom stereocenters. The van der Waals surface area contributed by atoms with Crippen molar-refractivity contribution in [3.8, 4) is 5.75 Å². The number of amides is 1. The fourth-order valence-electron chi connectivity index (χ4n) is 4.35. The quantitative estimate of drug-likeness (QED) is 0.682. The highest BCUT2D eigenvalue weighted by Gasteiger charge is 2.35. The van der Waals surface area contributed by atoms with Gasteiger partial charge in [-0.3, -0.25) is 9.69 Å². The van der Waals surface area contributed by atoms with E-state index in [1.165, 1.54) is 6.07 Å². The van der Waals surface area contributed by atoms with E-state index in [2.05, 4.69) is 24.8 Å². The summed E-state index contributed by atoms with van der Waals surface area (Å²) in [5, 5.41) is 0.726. The average Bonchev–Trinajstić information content (AvgIpc) is 3.53. The van der Waals surface area contributed by atoms with Gasteiger partial charge in [0, 0.05) is 23.2 Å². The first-order valence-corrected chi connectivity index (χ1v) is 10.9. The summed E-state index contributed by atoms with van der Waals surface area (Å²) in [6.45, 7) is 6.09. The molecule has 1 amide bonds. The van der Waals surface area contributed by atoms with Crippen molar-refractivity contribution in [3.63, 3.8) is 0 Å². The largest absolute Gasteiger partial charge is 0.489 e. The number of hydrogen-bond donors (Lipinski definition) is 1. The number of likely N-dealkylation sites (tertiary alicyclic amines) is 1. The lowest BCUT2D eigenvalue weighted by atomic mass is 9.89. The van der Waals surface area contributed by atoms with Gasteiger partial charge in [0.15, 0.2) is 0 Å². The van der Waals surface area contributed by atoms with Crippen LogP contribution in [0, 0.1) is 5.82 Å². The van der Waals surface area contributed by atoms with Crippen molar-refractivity contribution >= 4 is 17.5 Å². The molecule has 0 bridgehead atoms. The van der Waals surface area contributed by atoms with Gasteiger partial charge >= 0.3 is 0 Å². The first-order valence-electron chi connectivity index (χ1n) is 10.6. The Morgan fingerprint density at radius 1 is 1.23 bits per heavy atom. The maximum absolute atomic E-state index is 14.4. The third-order valence-electron chi connectivity index (χ3n) is 6.38. The van der Waals surface area contributed by atoms with Crippen molar-refractivity contribution in [2.24, 2.45) is 5.73 Å². The standard InChI is InChI=1S/C24H28ClFN2O2/c1-24(2,16-5-3-6-17(25)11-16)28-10-4-7-18(14-28)30-22-13-21(26)20(23(27)29)12-19(22)15-8-9-15/h3,5-6,11-13,15,18H,4,7-10,14H2,1-2H3,(H2,27,29). The van der Waals surface area contributed by atoms with Crippen molar-refractivity contribution < 1.29 is 13.9 Å². The van der Waals surface area contributed by atoms with Crippen molar-refractivity contribution in [2.75, 3.05) is 13.1 Å². The van der Waals surface area contributed by atoms with Gasteiger partial charge in [0.25, 0.3) is 5.91 Å². The van der Waals surface area contributed by atoms with Gasteiger partial charge in [-0.15, -0.1) is 0 Å². The molecule has 2 aromatic rings. The van der Waals surface area contributed by atoms with E-state index in [4.69, 9.17) is 22.1 Å². The third-order valence-corrected chi connectivity index (χ3v) is 6.61. The number of nitrogens with two attached hydrogens (primary N) is 1. The molecule has 4 rings (SSSR count). The summed E-state index contributed by atoms with van der Waals surface area (Å²) in [6, 6.07) is 10.9. The monoisotopic (exact) mass is 430 g/mol. The van der Waals surface area contributed by atoms with Gasteiger partial charge in [-0.05, 0) is 81.3 Å². The fourth-order valence-corrected chi connectivity index (χ4v) is 4.54. The van der Waals surface area contributed by atoms with E-state index in [0.717, 1.165) is 54.9 Å². The van der Waals surface area contributed by atoms with Gasteiger partial charge in [0.2, 0.25) is 0 Å². The molecule has 1 aliphatic carbocycles. The Morgan fingerprint density at radius 3 is 2.67 bits per heavy atom. The van der Waals surface area contributed by atoms with Gasteiger partial charge in [0.1, 0.15) is 17.7 Å². The van der Waals surface area contributed by atoms with Crippen LogP contribution in [0.2, 0.25) is 5.02 Å². The number of benzene rings is 2. The first kappa shape index (κ1) is 21.1. The Morgan fingerprint density at radius 2 is 2.00 bits per heavy atom. The van der Waals surface area contributed by atoms with Crippen LogP contribution in [-0.4, -0.2) is 30.0 Å². The number of piperidine rings is 1. The van der Waals surface area contributed by atoms with E-state index in [9.17, 15) is 9.18 Å². The number of nitrogens with zero attached hydrogens (tertiary/aromatic N) is 1. The zero-order valence-corrected chi connectivity index (χ0v) is 18.2. The van der Waals surface area contributed by atoms with Crippen molar-refractivity contribution in [3.05, 3.63) is 63.9 Å². The SMILES string of the molecule is CC(C)(c1cccc(Cl)c1)N1CCCC(Oc2cc(F)c(C(N)=O)cc2C2CC2)C1. The zero-order chi connectivity index (χ0) is 21.5. The second kappa shape index (κ2) is 8.20. The summed E-state index contributed by atoms with van der Waals surface area (Å²) in [7, 11) is 0. The summed E-state index contributed by atoms with van der Waals surface area (Å²) < 4.78 is 20.8. The van der Waals surface area contributed by atoms with E-state index < -0.39 is 11.7 Å². The van der Waals surface area contributed by atoms with E-state index in [-0.39, 0.29) is 17.2 Å². The number of ether oxygens (including phenoxy) is 1. The summed E-state index contributed by atoms with van der Waals surface area (Å²) in [6.07, 6.45) is 3.91. The topological polar surface area (TPSA) is 55.6 Å². The lowest BCUT2D eigenvalue weighted by Gasteiger charge is -2.44. The summed E-state index contributed by atoms with van der Waals surface area (Å²) in [5.41, 5.74) is 7.13. The fraction of sp³-hybridized carbons (Fsp3) is 0.458. The van der Waals surface area contributed by atoms with Crippen molar-refractivity contribution in [2.45, 2.75) is 57.1 Å². The Labute approximate surface area is 182 Å². The van der Waals surface area contributed by atoms with Crippen LogP contribution in [0.1, 0.15) is 66.9 Å². The second-order valence-corrected chi connectivity index (χ2v) is 9.34. The molecule has 4 nitrogen and oxygen atoms in total. The van der Waals surface area contributed by atoms with Crippen LogP contribution >= 0.6 is 11.6 Å². The lowest BCUT2D eigenvalue weighted by molar-refractivity contribution is 0.0243. The average molecular weight is 431 g/mol. The smallest absolute Gasteiger partial charge is 0.251 e. The highest BCUT2D eigenvalue weighted by Crippen LogP contribution is 2.45. The molecule has 1 saturated heterocycles. The van der Waals surface area contributed by atoms with Crippen LogP contribution in [0.25, 0.3) is 0 Å². The van der Waals surface area contributed by atoms with Gasteiger partial charge < -0.3 is 10.5 Å². The number of primary amides is 1. The minimum atomic E-state index is -0.743. The van der Waals surface area contributed by atoms with E-state index in [1.807, 2.05) is 18.2 Å². The molecule has 1 saturated carbocycles. The van der Waals surface area contributed by atoms with Crippen LogP contribution in [0.4, 0.5) is 4.39 Å². The Bertz CT molecular complexity index is 958. The molecule has 2 aliphatic rings. The zero-order valence-electron chi connectivity index (χ0n) is 17.5. The molecule has 1 heterocycles. The molecule has 2 N–H and O–H groups in total. The van der Waals surface area contributed by atoms with Gasteiger partial charge in [0.05, 0.1) is 5.56 Å². The molecular formula is C24H28ClFN2O2. The Hall–Kier alpha value is -2.11. The van der Waals surface area contributed by atoms with Gasteiger partial charge in [-0.2, -0.15) is 0 Å². The number of halogens is 2. The maximum Gasteiger partial charge on any atom is 0.251 e. The molecule has 2 fully saturated rings. The first-order chi connectivity index (χ1) is 14.3. The molecule has 0 radical (unpaired) electrons. The molecule has 0 aromatic heterocycles. The van der Waals surface area contributed by atoms with Crippen LogP contribution in [0.15, 0.2) is 36.4 Å². The predicted octanol–water partition coefficient (Wildman–Crippen LogP) is 5.23. The van der Waals surface area contributed by atoms with E-state index in [0.29, 0.717) is 11.7 Å². The molecule has 1 unspecified atom stereocenters. The lowest BCUT2D eigenvalue weighted by Crippen LogP contribution is -2.50. The van der Waals surface area contributed by atoms with Crippen molar-refractivity contribution in [1.29, 1.82) is 0 Å². The minimum absolute atomic E-state index is 0.0477. The molecule has 2 aromatic carbocycles. The van der Waals surface area contributed by atoms with Crippen LogP contribution < -0.4 is 10.5 Å². The highest BCUT2D eigenvalue weighted by atomic mass is 35.5. The molecule has 30 heavy (non-hydrogen) atoms. The Balaban J connectivity index is 1.55. The normalized spacial score (nSPS) is 20.2. The van der Waals surface area contributed by atoms with Crippen LogP contribution in [0.3, 0.4) is 0 Å². The molecule has 1 aliphatic heterocycles. The molecular weight excluding hydrogens is 403 g/mol. The van der Waals surface area contributed by atoms with Gasteiger partial charge in [-0.25, -0.2) is 4.39 Å². The third kappa shape index (κ3) is 4.33. The van der Waals surface area contributed by atoms with Crippen LogP contribution in [-0.2, 0) is 5.54 Å². The molecule has 0 spiro atoms. The summed E-state index contributed by atoms with van der Waals surface area (Å²) in [4.78, 5) is 14.0. The van der Waals surface area contributed by atoms with Gasteiger partial charge in [-0.1, -0.05) is 23.7 Å². The number of carbonyl (C=O) groups excluding carboxylic acids is 1. The number of rotatable bonds is 6. The summed E-state index contributed by atoms with van der Waals surface area (Å²) in [5.74, 6) is -0.490. The second-order valence-electron chi connectivity index (χ2n) is 8.91.